The van der Waals surface area contributed by atoms with Gasteiger partial charge in [-0.05, 0) is 29.4 Å². The maximum absolute atomic E-state index is 11.4. The Bertz CT molecular complexity index is 632. The number of fused-ring (bicyclic) bond motifs is 1. The first-order valence-corrected chi connectivity index (χ1v) is 6.21. The molecule has 0 bridgehead atoms. The van der Waals surface area contributed by atoms with Gasteiger partial charge in [0.05, 0.1) is 0 Å². The van der Waals surface area contributed by atoms with Gasteiger partial charge in [0, 0.05) is 12.0 Å². The first-order chi connectivity index (χ1) is 9.11. The van der Waals surface area contributed by atoms with Crippen molar-refractivity contribution in [2.45, 2.75) is 19.8 Å². The number of carboxylic acid groups (broad SMARTS) is 1. The first-order valence-electron chi connectivity index (χ1n) is 6.21. The van der Waals surface area contributed by atoms with Crippen molar-refractivity contribution in [2.75, 3.05) is 6.61 Å². The van der Waals surface area contributed by atoms with E-state index in [1.807, 2.05) is 19.1 Å². The Morgan fingerprint density at radius 1 is 1.16 bits per heavy atom. The van der Waals surface area contributed by atoms with E-state index in [2.05, 4.69) is 0 Å². The summed E-state index contributed by atoms with van der Waals surface area (Å²) in [5.74, 6) is -1.33. The maximum Gasteiger partial charge on any atom is 0.339 e. The number of aliphatic hydroxyl groups is 1. The molecule has 4 heteroatoms. The van der Waals surface area contributed by atoms with Crippen LogP contribution in [0.15, 0.2) is 24.3 Å². The fourth-order valence-electron chi connectivity index (χ4n) is 2.56. The van der Waals surface area contributed by atoms with Gasteiger partial charge in [-0.1, -0.05) is 31.2 Å². The smallest absolute Gasteiger partial charge is 0.339 e. The number of phenols is 1. The number of aromatic hydroxyl groups is 1. The van der Waals surface area contributed by atoms with E-state index in [4.69, 9.17) is 0 Å². The molecule has 100 valence electrons. The van der Waals surface area contributed by atoms with E-state index in [1.54, 1.807) is 12.1 Å². The average Bonchev–Trinajstić information content (AvgIpc) is 2.41. The summed E-state index contributed by atoms with van der Waals surface area (Å²) in [4.78, 5) is 11.4. The van der Waals surface area contributed by atoms with Crippen molar-refractivity contribution in [1.82, 2.24) is 0 Å². The third kappa shape index (κ3) is 2.15. The highest BCUT2D eigenvalue weighted by atomic mass is 16.4. The van der Waals surface area contributed by atoms with Crippen LogP contribution in [0.1, 0.15) is 28.4 Å². The molecule has 0 aromatic heterocycles. The zero-order valence-electron chi connectivity index (χ0n) is 10.7. The van der Waals surface area contributed by atoms with Crippen molar-refractivity contribution in [1.29, 1.82) is 0 Å². The average molecular weight is 260 g/mol. The number of carboxylic acids is 1. The highest BCUT2D eigenvalue weighted by Crippen LogP contribution is 2.36. The predicted molar refractivity (Wildman–Crippen MR) is 72.7 cm³/mol. The molecule has 0 saturated carbocycles. The predicted octanol–water partition coefficient (Wildman–Crippen LogP) is 2.34. The Hall–Kier alpha value is -2.07. The highest BCUT2D eigenvalue weighted by molar-refractivity contribution is 6.03. The molecule has 0 spiro atoms. The van der Waals surface area contributed by atoms with Gasteiger partial charge in [-0.25, -0.2) is 4.79 Å². The number of aromatic carboxylic acids is 1. The third-order valence-corrected chi connectivity index (χ3v) is 3.34. The summed E-state index contributed by atoms with van der Waals surface area (Å²) in [6, 6.07) is 7.12. The summed E-state index contributed by atoms with van der Waals surface area (Å²) >= 11 is 0. The van der Waals surface area contributed by atoms with Crippen molar-refractivity contribution in [3.05, 3.63) is 41.0 Å². The molecular formula is C15H16O4. The summed E-state index contributed by atoms with van der Waals surface area (Å²) in [6.07, 6.45) is 0.875. The Kier molecular flexibility index (Phi) is 3.71. The van der Waals surface area contributed by atoms with Gasteiger partial charge in [-0.2, -0.15) is 0 Å². The van der Waals surface area contributed by atoms with Crippen molar-refractivity contribution in [2.24, 2.45) is 0 Å². The molecule has 2 aromatic carbocycles. The van der Waals surface area contributed by atoms with Gasteiger partial charge in [0.15, 0.2) is 0 Å². The molecule has 0 unspecified atom stereocenters. The van der Waals surface area contributed by atoms with Gasteiger partial charge in [0.2, 0.25) is 0 Å². The minimum atomic E-state index is -1.14. The molecule has 0 amide bonds. The monoisotopic (exact) mass is 260 g/mol. The molecule has 0 aliphatic heterocycles. The fraction of sp³-hybridized carbons (Fsp3) is 0.267. The topological polar surface area (TPSA) is 77.8 Å². The van der Waals surface area contributed by atoms with Crippen LogP contribution < -0.4 is 0 Å². The quantitative estimate of drug-likeness (QED) is 0.788. The summed E-state index contributed by atoms with van der Waals surface area (Å²) in [6.45, 7) is 1.79. The second kappa shape index (κ2) is 5.28. The van der Waals surface area contributed by atoms with Crippen LogP contribution >= 0.6 is 0 Å². The molecule has 0 fully saturated rings. The number of hydrogen-bond donors (Lipinski definition) is 3. The molecule has 0 aliphatic rings. The van der Waals surface area contributed by atoms with Crippen LogP contribution in [-0.4, -0.2) is 27.9 Å². The highest BCUT2D eigenvalue weighted by Gasteiger charge is 2.21. The molecule has 0 atom stereocenters. The van der Waals surface area contributed by atoms with Gasteiger partial charge in [0.1, 0.15) is 11.3 Å². The second-order valence-electron chi connectivity index (χ2n) is 4.36. The fourth-order valence-corrected chi connectivity index (χ4v) is 2.56. The second-order valence-corrected chi connectivity index (χ2v) is 4.36. The minimum absolute atomic E-state index is 0.0513. The first kappa shape index (κ1) is 13.4. The number of rotatable bonds is 4. The van der Waals surface area contributed by atoms with Crippen LogP contribution in [-0.2, 0) is 12.8 Å². The lowest BCUT2D eigenvalue weighted by molar-refractivity contribution is 0.0692. The summed E-state index contributed by atoms with van der Waals surface area (Å²) in [5.41, 5.74) is 1.35. The van der Waals surface area contributed by atoms with E-state index in [0.717, 1.165) is 10.9 Å². The lowest BCUT2D eigenvalue weighted by Crippen LogP contribution is -2.08. The summed E-state index contributed by atoms with van der Waals surface area (Å²) < 4.78 is 0. The van der Waals surface area contributed by atoms with E-state index in [0.29, 0.717) is 23.8 Å². The standard InChI is InChI=1S/C15H16O4/c1-2-9-11(7-8-16)10-5-3-4-6-12(10)14(17)13(9)15(18)19/h3-6,16-17H,2,7-8H2,1H3,(H,18,19). The zero-order valence-corrected chi connectivity index (χ0v) is 10.7. The number of carbonyl (C=O) groups is 1. The van der Waals surface area contributed by atoms with Gasteiger partial charge in [0.25, 0.3) is 0 Å². The Morgan fingerprint density at radius 3 is 2.32 bits per heavy atom. The maximum atomic E-state index is 11.4. The lowest BCUT2D eigenvalue weighted by Gasteiger charge is -2.16. The molecule has 0 radical (unpaired) electrons. The van der Waals surface area contributed by atoms with Crippen molar-refractivity contribution in [3.63, 3.8) is 0 Å². The molecule has 0 heterocycles. The van der Waals surface area contributed by atoms with E-state index in [1.165, 1.54) is 0 Å². The minimum Gasteiger partial charge on any atom is -0.506 e. The molecule has 0 aliphatic carbocycles. The van der Waals surface area contributed by atoms with Gasteiger partial charge in [-0.3, -0.25) is 0 Å². The number of benzene rings is 2. The molecule has 2 rings (SSSR count). The Balaban J connectivity index is 2.94. The largest absolute Gasteiger partial charge is 0.506 e. The van der Waals surface area contributed by atoms with E-state index < -0.39 is 5.97 Å². The van der Waals surface area contributed by atoms with E-state index in [-0.39, 0.29) is 17.9 Å². The van der Waals surface area contributed by atoms with Crippen molar-refractivity contribution >= 4 is 16.7 Å². The Morgan fingerprint density at radius 2 is 1.79 bits per heavy atom. The molecule has 2 aromatic rings. The van der Waals surface area contributed by atoms with Crippen LogP contribution in [0.2, 0.25) is 0 Å². The van der Waals surface area contributed by atoms with Crippen LogP contribution in [0.3, 0.4) is 0 Å². The molecule has 4 nitrogen and oxygen atoms in total. The van der Waals surface area contributed by atoms with Crippen LogP contribution in [0.5, 0.6) is 5.75 Å². The van der Waals surface area contributed by atoms with Gasteiger partial charge < -0.3 is 15.3 Å². The Labute approximate surface area is 110 Å². The summed E-state index contributed by atoms with van der Waals surface area (Å²) in [7, 11) is 0. The summed E-state index contributed by atoms with van der Waals surface area (Å²) in [5, 5.41) is 30.0. The number of aliphatic hydroxyl groups excluding tert-OH is 1. The zero-order chi connectivity index (χ0) is 14.0. The lowest BCUT2D eigenvalue weighted by atomic mass is 9.90. The molecular weight excluding hydrogens is 244 g/mol. The van der Waals surface area contributed by atoms with E-state index >= 15 is 0 Å². The molecule has 19 heavy (non-hydrogen) atoms. The van der Waals surface area contributed by atoms with E-state index in [9.17, 15) is 20.1 Å². The SMILES string of the molecule is CCc1c(C(=O)O)c(O)c2ccccc2c1CCO. The number of hydrogen-bond acceptors (Lipinski definition) is 3. The molecule has 3 N–H and O–H groups in total. The third-order valence-electron chi connectivity index (χ3n) is 3.34. The van der Waals surface area contributed by atoms with Gasteiger partial charge >= 0.3 is 5.97 Å². The van der Waals surface area contributed by atoms with Crippen LogP contribution in [0, 0.1) is 0 Å². The normalized spacial score (nSPS) is 10.8. The van der Waals surface area contributed by atoms with Crippen molar-refractivity contribution in [3.8, 4) is 5.75 Å². The van der Waals surface area contributed by atoms with Crippen molar-refractivity contribution < 1.29 is 20.1 Å². The van der Waals surface area contributed by atoms with Crippen LogP contribution in [0.4, 0.5) is 0 Å². The van der Waals surface area contributed by atoms with Crippen LogP contribution in [0.25, 0.3) is 10.8 Å². The van der Waals surface area contributed by atoms with Gasteiger partial charge in [-0.15, -0.1) is 0 Å². The molecule has 0 saturated heterocycles.